The van der Waals surface area contributed by atoms with Crippen molar-refractivity contribution in [3.05, 3.63) is 12.2 Å². The van der Waals surface area contributed by atoms with Crippen molar-refractivity contribution in [1.82, 2.24) is 4.90 Å². The van der Waals surface area contributed by atoms with Gasteiger partial charge in [0.15, 0.2) is 0 Å². The first-order valence-corrected chi connectivity index (χ1v) is 6.00. The molecule has 102 valence electrons. The van der Waals surface area contributed by atoms with Crippen molar-refractivity contribution in [3.63, 3.8) is 0 Å². The zero-order chi connectivity index (χ0) is 13.9. The monoisotopic (exact) mass is 255 g/mol. The summed E-state index contributed by atoms with van der Waals surface area (Å²) in [6, 6.07) is -0.616. The largest absolute Gasteiger partial charge is 0.467 e. The molecule has 0 bridgehead atoms. The lowest BCUT2D eigenvalue weighted by Gasteiger charge is -2.35. The smallest absolute Gasteiger partial charge is 0.411 e. The molecule has 1 rings (SSSR count). The summed E-state index contributed by atoms with van der Waals surface area (Å²) in [5, 5.41) is 0. The zero-order valence-corrected chi connectivity index (χ0v) is 11.6. The molecule has 1 aliphatic heterocycles. The number of hydrogen-bond acceptors (Lipinski definition) is 4. The second kappa shape index (κ2) is 5.42. The third-order valence-electron chi connectivity index (χ3n) is 2.65. The minimum absolute atomic E-state index is 0.0845. The van der Waals surface area contributed by atoms with Crippen LogP contribution in [0, 0.1) is 5.92 Å². The minimum atomic E-state index is -0.616. The molecule has 0 saturated carbocycles. The molecule has 1 amide bonds. The topological polar surface area (TPSA) is 55.8 Å². The van der Waals surface area contributed by atoms with Gasteiger partial charge in [-0.05, 0) is 20.8 Å². The Morgan fingerprint density at radius 3 is 2.44 bits per heavy atom. The van der Waals surface area contributed by atoms with Crippen molar-refractivity contribution in [3.8, 4) is 0 Å². The molecular weight excluding hydrogens is 234 g/mol. The van der Waals surface area contributed by atoms with Crippen LogP contribution in [-0.4, -0.2) is 42.3 Å². The SMILES string of the molecule is COC(=O)[C@@H]1[C@@H](C)C=CCN1C(=O)OC(C)(C)C. The Hall–Kier alpha value is -1.52. The normalized spacial score (nSPS) is 23.7. The van der Waals surface area contributed by atoms with Crippen LogP contribution >= 0.6 is 0 Å². The van der Waals surface area contributed by atoms with Gasteiger partial charge in [0.1, 0.15) is 11.6 Å². The number of methoxy groups -OCH3 is 1. The molecule has 1 aliphatic rings. The molecule has 0 spiro atoms. The van der Waals surface area contributed by atoms with Crippen molar-refractivity contribution >= 4 is 12.1 Å². The lowest BCUT2D eigenvalue weighted by atomic mass is 9.97. The number of nitrogens with zero attached hydrogens (tertiary/aromatic N) is 1. The van der Waals surface area contributed by atoms with Crippen LogP contribution in [-0.2, 0) is 14.3 Å². The molecule has 0 N–H and O–H groups in total. The second-order valence-electron chi connectivity index (χ2n) is 5.39. The fraction of sp³-hybridized carbons (Fsp3) is 0.692. The number of ether oxygens (including phenoxy) is 2. The third kappa shape index (κ3) is 3.48. The summed E-state index contributed by atoms with van der Waals surface area (Å²) in [6.07, 6.45) is 3.27. The quantitative estimate of drug-likeness (QED) is 0.531. The average molecular weight is 255 g/mol. The van der Waals surface area contributed by atoms with Gasteiger partial charge in [0, 0.05) is 12.5 Å². The average Bonchev–Trinajstić information content (AvgIpc) is 2.25. The molecule has 0 fully saturated rings. The minimum Gasteiger partial charge on any atom is -0.467 e. The molecule has 0 aliphatic carbocycles. The standard InChI is InChI=1S/C13H21NO4/c1-9-7-6-8-14(10(9)11(15)17-5)12(16)18-13(2,3)4/h6-7,9-10H,8H2,1-5H3/t9-,10-/m0/s1. The number of hydrogen-bond donors (Lipinski definition) is 0. The van der Waals surface area contributed by atoms with E-state index in [0.717, 1.165) is 0 Å². The Balaban J connectivity index is 2.87. The van der Waals surface area contributed by atoms with E-state index in [4.69, 9.17) is 9.47 Å². The Labute approximate surface area is 108 Å². The van der Waals surface area contributed by atoms with E-state index in [2.05, 4.69) is 0 Å². The van der Waals surface area contributed by atoms with E-state index >= 15 is 0 Å². The van der Waals surface area contributed by atoms with Crippen LogP contribution in [0.25, 0.3) is 0 Å². The Kier molecular flexibility index (Phi) is 4.38. The predicted octanol–water partition coefficient (Wildman–Crippen LogP) is 1.97. The molecule has 0 aromatic rings. The lowest BCUT2D eigenvalue weighted by Crippen LogP contribution is -2.52. The van der Waals surface area contributed by atoms with Crippen molar-refractivity contribution in [2.45, 2.75) is 39.3 Å². The third-order valence-corrected chi connectivity index (χ3v) is 2.65. The lowest BCUT2D eigenvalue weighted by molar-refractivity contribution is -0.148. The first kappa shape index (κ1) is 14.5. The number of amides is 1. The van der Waals surface area contributed by atoms with E-state index in [1.807, 2.05) is 19.1 Å². The Morgan fingerprint density at radius 1 is 1.33 bits per heavy atom. The number of rotatable bonds is 1. The number of esters is 1. The summed E-state index contributed by atoms with van der Waals surface area (Å²) in [7, 11) is 1.32. The van der Waals surface area contributed by atoms with Crippen LogP contribution in [0.4, 0.5) is 4.79 Å². The fourth-order valence-corrected chi connectivity index (χ4v) is 1.86. The van der Waals surface area contributed by atoms with Crippen LogP contribution in [0.5, 0.6) is 0 Å². The molecule has 0 radical (unpaired) electrons. The van der Waals surface area contributed by atoms with Crippen molar-refractivity contribution < 1.29 is 19.1 Å². The molecular formula is C13H21NO4. The molecule has 5 nitrogen and oxygen atoms in total. The fourth-order valence-electron chi connectivity index (χ4n) is 1.86. The van der Waals surface area contributed by atoms with Gasteiger partial charge in [-0.1, -0.05) is 19.1 Å². The molecule has 2 atom stereocenters. The maximum absolute atomic E-state index is 12.1. The Morgan fingerprint density at radius 2 is 1.94 bits per heavy atom. The van der Waals surface area contributed by atoms with Gasteiger partial charge in [-0.2, -0.15) is 0 Å². The summed E-state index contributed by atoms with van der Waals surface area (Å²) in [5.74, 6) is -0.503. The van der Waals surface area contributed by atoms with Crippen LogP contribution in [0.3, 0.4) is 0 Å². The van der Waals surface area contributed by atoms with Gasteiger partial charge in [-0.3, -0.25) is 4.90 Å². The number of carbonyl (C=O) groups excluding carboxylic acids is 2. The van der Waals surface area contributed by atoms with Gasteiger partial charge in [-0.25, -0.2) is 9.59 Å². The van der Waals surface area contributed by atoms with E-state index in [1.54, 1.807) is 20.8 Å². The van der Waals surface area contributed by atoms with Crippen LogP contribution in [0.1, 0.15) is 27.7 Å². The molecule has 0 aromatic carbocycles. The van der Waals surface area contributed by atoms with Crippen molar-refractivity contribution in [2.75, 3.05) is 13.7 Å². The van der Waals surface area contributed by atoms with Crippen LogP contribution in [0.2, 0.25) is 0 Å². The van der Waals surface area contributed by atoms with Crippen molar-refractivity contribution in [1.29, 1.82) is 0 Å². The summed E-state index contributed by atoms with van der Waals surface area (Å²) < 4.78 is 10.0. The highest BCUT2D eigenvalue weighted by Crippen LogP contribution is 2.21. The zero-order valence-electron chi connectivity index (χ0n) is 11.6. The van der Waals surface area contributed by atoms with Gasteiger partial charge >= 0.3 is 12.1 Å². The number of carbonyl (C=O) groups is 2. The van der Waals surface area contributed by atoms with Gasteiger partial charge in [-0.15, -0.1) is 0 Å². The summed E-state index contributed by atoms with van der Waals surface area (Å²) >= 11 is 0. The van der Waals surface area contributed by atoms with E-state index in [9.17, 15) is 9.59 Å². The summed E-state index contributed by atoms with van der Waals surface area (Å²) in [4.78, 5) is 25.2. The van der Waals surface area contributed by atoms with Crippen LogP contribution < -0.4 is 0 Å². The maximum Gasteiger partial charge on any atom is 0.411 e. The van der Waals surface area contributed by atoms with Gasteiger partial charge in [0.05, 0.1) is 7.11 Å². The second-order valence-corrected chi connectivity index (χ2v) is 5.39. The van der Waals surface area contributed by atoms with Gasteiger partial charge in [0.2, 0.25) is 0 Å². The molecule has 0 aromatic heterocycles. The summed E-state index contributed by atoms with van der Waals surface area (Å²) in [6.45, 7) is 7.61. The van der Waals surface area contributed by atoms with E-state index in [0.29, 0.717) is 6.54 Å². The highest BCUT2D eigenvalue weighted by Gasteiger charge is 2.37. The molecule has 0 unspecified atom stereocenters. The van der Waals surface area contributed by atoms with E-state index in [1.165, 1.54) is 12.0 Å². The van der Waals surface area contributed by atoms with Gasteiger partial charge in [0.25, 0.3) is 0 Å². The van der Waals surface area contributed by atoms with E-state index < -0.39 is 23.7 Å². The highest BCUT2D eigenvalue weighted by molar-refractivity contribution is 5.82. The molecule has 1 heterocycles. The first-order chi connectivity index (χ1) is 8.26. The molecule has 18 heavy (non-hydrogen) atoms. The molecule has 5 heteroatoms. The van der Waals surface area contributed by atoms with Crippen LogP contribution in [0.15, 0.2) is 12.2 Å². The van der Waals surface area contributed by atoms with Crippen molar-refractivity contribution in [2.24, 2.45) is 5.92 Å². The summed E-state index contributed by atoms with van der Waals surface area (Å²) in [5.41, 5.74) is -0.581. The maximum atomic E-state index is 12.1. The van der Waals surface area contributed by atoms with Gasteiger partial charge < -0.3 is 9.47 Å². The highest BCUT2D eigenvalue weighted by atomic mass is 16.6. The first-order valence-electron chi connectivity index (χ1n) is 6.00. The molecule has 0 saturated heterocycles. The predicted molar refractivity (Wildman–Crippen MR) is 67.0 cm³/mol. The Bertz CT molecular complexity index is 356. The van der Waals surface area contributed by atoms with E-state index in [-0.39, 0.29) is 5.92 Å².